The molecule has 0 atom stereocenters. The lowest BCUT2D eigenvalue weighted by Crippen LogP contribution is -2.49. The normalized spacial score (nSPS) is 11.5. The standard InChI is InChI=1S/C50H25B8N3/c51-40-38-39-41(52)43(54)45(56)47(58)49(39)61(48(38)46(57)44(55)42(40)53)31-15-9-14-30(24-31)32-22-23-35(34-17-8-7-16-33(32)34)37-25-36(59-50(60-37)29-12-5-2-6-13-29)28-20-18-27(19-21-28)26-10-3-1-4-11-26/h1-25H. The van der Waals surface area contributed by atoms with Gasteiger partial charge in [0.2, 0.25) is 0 Å². The predicted octanol–water partition coefficient (Wildman–Crippen LogP) is 3.41. The second kappa shape index (κ2) is 15.2. The van der Waals surface area contributed by atoms with E-state index in [9.17, 15) is 0 Å². The molecule has 0 aliphatic rings. The fourth-order valence-electron chi connectivity index (χ4n) is 8.47. The zero-order valence-electron chi connectivity index (χ0n) is 32.9. The average Bonchev–Trinajstić information content (AvgIpc) is 3.68. The Morgan fingerprint density at radius 2 is 0.787 bits per heavy atom. The van der Waals surface area contributed by atoms with Crippen molar-refractivity contribution in [3.05, 3.63) is 152 Å². The second-order valence-electron chi connectivity index (χ2n) is 15.1. The first-order valence-corrected chi connectivity index (χ1v) is 19.7. The topological polar surface area (TPSA) is 30.7 Å². The molecule has 2 aromatic heterocycles. The van der Waals surface area contributed by atoms with Crippen molar-refractivity contribution >= 4 is 139 Å². The van der Waals surface area contributed by atoms with Gasteiger partial charge in [-0.25, -0.2) is 9.97 Å². The minimum absolute atomic E-state index is 0.144. The first-order valence-electron chi connectivity index (χ1n) is 19.7. The zero-order valence-corrected chi connectivity index (χ0v) is 32.9. The number of hydrogen-bond acceptors (Lipinski definition) is 2. The number of nitrogens with zero attached hydrogens (tertiary/aromatic N) is 3. The van der Waals surface area contributed by atoms with E-state index in [4.69, 9.17) is 72.7 Å². The van der Waals surface area contributed by atoms with Gasteiger partial charge in [0.25, 0.3) is 0 Å². The van der Waals surface area contributed by atoms with Gasteiger partial charge in [-0.05, 0) is 62.0 Å². The lowest BCUT2D eigenvalue weighted by molar-refractivity contribution is 1.18. The van der Waals surface area contributed by atoms with Gasteiger partial charge in [0.1, 0.15) is 62.8 Å². The molecular formula is C50H25B8N3. The summed E-state index contributed by atoms with van der Waals surface area (Å²) >= 11 is 0. The molecule has 0 aliphatic carbocycles. The SMILES string of the molecule is [B]c1c([B])c([B])c2c(c1[B])c1c([B])c([B])c([B])c([B])c1n2-c1cccc(-c2ccc(-c3cc(-c4ccc(-c5ccccc5)cc4)nc(-c4ccccc4)n3)c3ccccc23)c1. The predicted molar refractivity (Wildman–Crippen MR) is 264 cm³/mol. The Balaban J connectivity index is 1.15. The first-order chi connectivity index (χ1) is 29.6. The lowest BCUT2D eigenvalue weighted by Gasteiger charge is -2.18. The molecule has 0 saturated heterocycles. The van der Waals surface area contributed by atoms with Crippen LogP contribution in [-0.2, 0) is 0 Å². The zero-order chi connectivity index (χ0) is 42.1. The van der Waals surface area contributed by atoms with E-state index in [0.717, 1.165) is 61.1 Å². The molecule has 2 heterocycles. The van der Waals surface area contributed by atoms with E-state index < -0.39 is 0 Å². The average molecular weight is 754 g/mol. The van der Waals surface area contributed by atoms with E-state index in [-0.39, 0.29) is 43.7 Å². The first kappa shape index (κ1) is 38.6. The van der Waals surface area contributed by atoms with Gasteiger partial charge < -0.3 is 4.57 Å². The van der Waals surface area contributed by atoms with Crippen molar-refractivity contribution in [2.75, 3.05) is 0 Å². The van der Waals surface area contributed by atoms with E-state index >= 15 is 0 Å². The van der Waals surface area contributed by atoms with Crippen molar-refractivity contribution in [2.45, 2.75) is 0 Å². The van der Waals surface area contributed by atoms with Gasteiger partial charge in [0.05, 0.1) is 11.4 Å². The molecule has 0 N–H and O–H groups in total. The van der Waals surface area contributed by atoms with Crippen LogP contribution >= 0.6 is 0 Å². The molecule has 0 saturated carbocycles. The van der Waals surface area contributed by atoms with E-state index in [1.165, 1.54) is 0 Å². The van der Waals surface area contributed by atoms with Crippen LogP contribution in [0.25, 0.3) is 94.4 Å². The highest BCUT2D eigenvalue weighted by molar-refractivity contribution is 6.71. The monoisotopic (exact) mass is 755 g/mol. The fourth-order valence-corrected chi connectivity index (χ4v) is 8.47. The molecule has 0 fully saturated rings. The number of benzene rings is 8. The van der Waals surface area contributed by atoms with Gasteiger partial charge in [-0.2, -0.15) is 0 Å². The van der Waals surface area contributed by atoms with Gasteiger partial charge in [-0.1, -0.05) is 155 Å². The lowest BCUT2D eigenvalue weighted by atomic mass is 9.63. The summed E-state index contributed by atoms with van der Waals surface area (Å²) in [6.07, 6.45) is 0. The third kappa shape index (κ3) is 6.33. The molecule has 61 heavy (non-hydrogen) atoms. The summed E-state index contributed by atoms with van der Waals surface area (Å²) in [6, 6.07) is 51.5. The minimum atomic E-state index is 0.144. The Morgan fingerprint density at radius 1 is 0.328 bits per heavy atom. The quantitative estimate of drug-likeness (QED) is 0.244. The van der Waals surface area contributed by atoms with Crippen LogP contribution in [0, 0.1) is 0 Å². The van der Waals surface area contributed by atoms with Crippen LogP contribution in [0.2, 0.25) is 0 Å². The third-order valence-corrected chi connectivity index (χ3v) is 11.6. The van der Waals surface area contributed by atoms with Gasteiger partial charge in [0, 0.05) is 33.4 Å². The molecule has 10 rings (SSSR count). The Morgan fingerprint density at radius 3 is 1.39 bits per heavy atom. The van der Waals surface area contributed by atoms with Crippen LogP contribution in [0.3, 0.4) is 0 Å². The van der Waals surface area contributed by atoms with Gasteiger partial charge in [0.15, 0.2) is 5.82 Å². The van der Waals surface area contributed by atoms with Crippen LogP contribution in [0.15, 0.2) is 152 Å². The van der Waals surface area contributed by atoms with Crippen molar-refractivity contribution < 1.29 is 0 Å². The highest BCUT2D eigenvalue weighted by Crippen LogP contribution is 2.38. The molecule has 0 unspecified atom stereocenters. The van der Waals surface area contributed by atoms with E-state index in [1.807, 2.05) is 77.4 Å². The third-order valence-electron chi connectivity index (χ3n) is 11.6. The summed E-state index contributed by atoms with van der Waals surface area (Å²) in [5.74, 6) is 0.636. The second-order valence-corrected chi connectivity index (χ2v) is 15.1. The smallest absolute Gasteiger partial charge is 0.160 e. The molecule has 10 aromatic rings. The van der Waals surface area contributed by atoms with Crippen LogP contribution in [0.5, 0.6) is 0 Å². The maximum atomic E-state index is 6.75. The fraction of sp³-hybridized carbons (Fsp3) is 0. The van der Waals surface area contributed by atoms with Gasteiger partial charge >= 0.3 is 0 Å². The Kier molecular flexibility index (Phi) is 9.59. The number of rotatable bonds is 6. The molecule has 0 spiro atoms. The minimum Gasteiger partial charge on any atom is -0.311 e. The highest BCUT2D eigenvalue weighted by atomic mass is 15.0. The maximum absolute atomic E-state index is 6.75. The molecule has 0 aliphatic heterocycles. The van der Waals surface area contributed by atoms with Crippen molar-refractivity contribution in [2.24, 2.45) is 0 Å². The Bertz CT molecular complexity index is 3310. The molecule has 3 nitrogen and oxygen atoms in total. The molecule has 16 radical (unpaired) electrons. The van der Waals surface area contributed by atoms with Crippen LogP contribution in [0.4, 0.5) is 0 Å². The molecule has 0 bridgehead atoms. The summed E-state index contributed by atoms with van der Waals surface area (Å²) in [5, 5.41) is 3.02. The largest absolute Gasteiger partial charge is 0.311 e. The summed E-state index contributed by atoms with van der Waals surface area (Å²) in [5.41, 5.74) is 11.8. The summed E-state index contributed by atoms with van der Waals surface area (Å²) in [4.78, 5) is 10.3. The number of hydrogen-bond donors (Lipinski definition) is 0. The van der Waals surface area contributed by atoms with Gasteiger partial charge in [-0.15, -0.1) is 21.9 Å². The Hall–Kier alpha value is -6.58. The molecule has 0 amide bonds. The van der Waals surface area contributed by atoms with Crippen molar-refractivity contribution in [3.63, 3.8) is 0 Å². The van der Waals surface area contributed by atoms with E-state index in [1.54, 1.807) is 0 Å². The van der Waals surface area contributed by atoms with E-state index in [2.05, 4.69) is 78.9 Å². The van der Waals surface area contributed by atoms with Crippen molar-refractivity contribution in [3.8, 4) is 61.8 Å². The summed E-state index contributed by atoms with van der Waals surface area (Å²) in [6.45, 7) is 0. The van der Waals surface area contributed by atoms with Crippen molar-refractivity contribution in [1.82, 2.24) is 14.5 Å². The van der Waals surface area contributed by atoms with Crippen LogP contribution < -0.4 is 43.7 Å². The summed E-state index contributed by atoms with van der Waals surface area (Å²) in [7, 11) is 52.5. The summed E-state index contributed by atoms with van der Waals surface area (Å²) < 4.78 is 1.88. The van der Waals surface area contributed by atoms with E-state index in [0.29, 0.717) is 33.3 Å². The number of fused-ring (bicyclic) bond motifs is 4. The highest BCUT2D eigenvalue weighted by Gasteiger charge is 2.23. The molecule has 11 heteroatoms. The van der Waals surface area contributed by atoms with Gasteiger partial charge in [-0.3, -0.25) is 0 Å². The van der Waals surface area contributed by atoms with Crippen molar-refractivity contribution in [1.29, 1.82) is 0 Å². The van der Waals surface area contributed by atoms with Crippen LogP contribution in [0.1, 0.15) is 0 Å². The van der Waals surface area contributed by atoms with Crippen LogP contribution in [-0.4, -0.2) is 77.3 Å². The number of aromatic nitrogens is 3. The molecule has 8 aromatic carbocycles. The molecular weight excluding hydrogens is 729 g/mol. The Labute approximate surface area is 365 Å². The molecule has 264 valence electrons. The maximum Gasteiger partial charge on any atom is 0.160 e.